The van der Waals surface area contributed by atoms with Crippen molar-refractivity contribution in [2.24, 2.45) is 11.8 Å². The first-order valence-electron chi connectivity index (χ1n) is 10.4. The number of nitrogens with zero attached hydrogens (tertiary/aromatic N) is 2. The SMILES string of the molecule is CCNCC1CCN(C(=O)C2CCN(c3ccc4c(c3)OCCO4)C2=O)CC1. The predicted molar refractivity (Wildman–Crippen MR) is 106 cm³/mol. The summed E-state index contributed by atoms with van der Waals surface area (Å²) in [6, 6.07) is 5.54. The summed E-state index contributed by atoms with van der Waals surface area (Å²) >= 11 is 0. The van der Waals surface area contributed by atoms with E-state index in [1.54, 1.807) is 4.90 Å². The Morgan fingerprint density at radius 1 is 1.11 bits per heavy atom. The largest absolute Gasteiger partial charge is 0.486 e. The molecule has 7 heteroatoms. The van der Waals surface area contributed by atoms with Crippen molar-refractivity contribution in [3.05, 3.63) is 18.2 Å². The molecule has 0 bridgehead atoms. The van der Waals surface area contributed by atoms with Crippen LogP contribution in [0.1, 0.15) is 26.2 Å². The maximum absolute atomic E-state index is 13.0. The van der Waals surface area contributed by atoms with Crippen LogP contribution in [0.5, 0.6) is 11.5 Å². The molecule has 2 amide bonds. The summed E-state index contributed by atoms with van der Waals surface area (Å²) in [7, 11) is 0. The molecule has 7 nitrogen and oxygen atoms in total. The molecule has 4 rings (SSSR count). The molecular weight excluding hydrogens is 358 g/mol. The summed E-state index contributed by atoms with van der Waals surface area (Å²) in [5.41, 5.74) is 0.772. The van der Waals surface area contributed by atoms with Gasteiger partial charge >= 0.3 is 0 Å². The van der Waals surface area contributed by atoms with Crippen LogP contribution in [0.3, 0.4) is 0 Å². The van der Waals surface area contributed by atoms with Gasteiger partial charge in [-0.05, 0) is 50.4 Å². The Balaban J connectivity index is 1.37. The zero-order valence-corrected chi connectivity index (χ0v) is 16.5. The highest BCUT2D eigenvalue weighted by Crippen LogP contribution is 2.36. The summed E-state index contributed by atoms with van der Waals surface area (Å²) < 4.78 is 11.2. The lowest BCUT2D eigenvalue weighted by atomic mass is 9.95. The van der Waals surface area contributed by atoms with Crippen molar-refractivity contribution < 1.29 is 19.1 Å². The van der Waals surface area contributed by atoms with Crippen LogP contribution >= 0.6 is 0 Å². The fourth-order valence-corrected chi connectivity index (χ4v) is 4.29. The minimum Gasteiger partial charge on any atom is -0.486 e. The Labute approximate surface area is 166 Å². The van der Waals surface area contributed by atoms with Gasteiger partial charge in [-0.3, -0.25) is 9.59 Å². The number of anilines is 1. The van der Waals surface area contributed by atoms with Crippen LogP contribution in [-0.4, -0.2) is 62.7 Å². The fourth-order valence-electron chi connectivity index (χ4n) is 4.29. The number of amides is 2. The summed E-state index contributed by atoms with van der Waals surface area (Å²) in [4.78, 5) is 29.5. The minimum atomic E-state index is -0.557. The van der Waals surface area contributed by atoms with Gasteiger partial charge in [0.15, 0.2) is 11.5 Å². The smallest absolute Gasteiger partial charge is 0.239 e. The Bertz CT molecular complexity index is 730. The van der Waals surface area contributed by atoms with Crippen LogP contribution in [-0.2, 0) is 9.59 Å². The lowest BCUT2D eigenvalue weighted by Crippen LogP contribution is -2.45. The van der Waals surface area contributed by atoms with E-state index >= 15 is 0 Å². The molecule has 2 fully saturated rings. The lowest BCUT2D eigenvalue weighted by Gasteiger charge is -2.33. The van der Waals surface area contributed by atoms with Gasteiger partial charge < -0.3 is 24.6 Å². The highest BCUT2D eigenvalue weighted by molar-refractivity contribution is 6.09. The Kier molecular flexibility index (Phi) is 5.71. The number of likely N-dealkylation sites (tertiary alicyclic amines) is 1. The first kappa shape index (κ1) is 19.1. The van der Waals surface area contributed by atoms with Crippen molar-refractivity contribution in [2.45, 2.75) is 26.2 Å². The van der Waals surface area contributed by atoms with E-state index in [4.69, 9.17) is 9.47 Å². The average molecular weight is 387 g/mol. The van der Waals surface area contributed by atoms with E-state index in [1.165, 1.54) is 0 Å². The topological polar surface area (TPSA) is 71.1 Å². The van der Waals surface area contributed by atoms with Gasteiger partial charge in [0.05, 0.1) is 0 Å². The number of carbonyl (C=O) groups excluding carboxylic acids is 2. The number of rotatable bonds is 5. The molecule has 1 aromatic carbocycles. The maximum atomic E-state index is 13.0. The average Bonchev–Trinajstić information content (AvgIpc) is 3.13. The van der Waals surface area contributed by atoms with E-state index in [2.05, 4.69) is 12.2 Å². The quantitative estimate of drug-likeness (QED) is 0.778. The molecule has 3 aliphatic rings. The van der Waals surface area contributed by atoms with E-state index in [0.717, 1.165) is 44.7 Å². The van der Waals surface area contributed by atoms with Crippen LogP contribution in [0.2, 0.25) is 0 Å². The van der Waals surface area contributed by atoms with Crippen molar-refractivity contribution in [1.82, 2.24) is 10.2 Å². The lowest BCUT2D eigenvalue weighted by molar-refractivity contribution is -0.141. The molecule has 0 radical (unpaired) electrons. The summed E-state index contributed by atoms with van der Waals surface area (Å²) in [5.74, 6) is 1.32. The second kappa shape index (κ2) is 8.39. The molecule has 1 aromatic rings. The zero-order chi connectivity index (χ0) is 19.5. The van der Waals surface area contributed by atoms with Crippen molar-refractivity contribution >= 4 is 17.5 Å². The Morgan fingerprint density at radius 3 is 2.61 bits per heavy atom. The van der Waals surface area contributed by atoms with Crippen molar-refractivity contribution in [1.29, 1.82) is 0 Å². The van der Waals surface area contributed by atoms with Gasteiger partial charge in [0.1, 0.15) is 19.1 Å². The Morgan fingerprint density at radius 2 is 1.86 bits per heavy atom. The molecule has 1 unspecified atom stereocenters. The fraction of sp³-hybridized carbons (Fsp3) is 0.619. The van der Waals surface area contributed by atoms with E-state index in [9.17, 15) is 9.59 Å². The van der Waals surface area contributed by atoms with E-state index < -0.39 is 5.92 Å². The highest BCUT2D eigenvalue weighted by Gasteiger charge is 2.40. The number of fused-ring (bicyclic) bond motifs is 1. The van der Waals surface area contributed by atoms with Gasteiger partial charge in [-0.1, -0.05) is 6.92 Å². The molecule has 0 aliphatic carbocycles. The number of hydrogen-bond donors (Lipinski definition) is 1. The first-order chi connectivity index (χ1) is 13.7. The molecule has 3 aliphatic heterocycles. The number of hydrogen-bond acceptors (Lipinski definition) is 5. The van der Waals surface area contributed by atoms with Gasteiger partial charge in [0.2, 0.25) is 11.8 Å². The summed E-state index contributed by atoms with van der Waals surface area (Å²) in [6.07, 6.45) is 2.58. The third-order valence-corrected chi connectivity index (χ3v) is 5.95. The summed E-state index contributed by atoms with van der Waals surface area (Å²) in [5, 5.41) is 3.39. The zero-order valence-electron chi connectivity index (χ0n) is 16.5. The number of nitrogens with one attached hydrogen (secondary N) is 1. The molecule has 0 aromatic heterocycles. The van der Waals surface area contributed by atoms with Crippen molar-refractivity contribution in [3.8, 4) is 11.5 Å². The van der Waals surface area contributed by atoms with Crippen molar-refractivity contribution in [3.63, 3.8) is 0 Å². The van der Waals surface area contributed by atoms with E-state index in [0.29, 0.717) is 43.6 Å². The highest BCUT2D eigenvalue weighted by atomic mass is 16.6. The third-order valence-electron chi connectivity index (χ3n) is 5.95. The monoisotopic (exact) mass is 387 g/mol. The third kappa shape index (κ3) is 3.81. The molecule has 152 valence electrons. The van der Waals surface area contributed by atoms with Crippen LogP contribution < -0.4 is 19.7 Å². The maximum Gasteiger partial charge on any atom is 0.239 e. The molecule has 2 saturated heterocycles. The first-order valence-corrected chi connectivity index (χ1v) is 10.4. The number of benzene rings is 1. The molecule has 3 heterocycles. The minimum absolute atomic E-state index is 0.00746. The normalized spacial score (nSPS) is 22.6. The van der Waals surface area contributed by atoms with Crippen LogP contribution in [0.25, 0.3) is 0 Å². The summed E-state index contributed by atoms with van der Waals surface area (Å²) in [6.45, 7) is 7.21. The van der Waals surface area contributed by atoms with Crippen LogP contribution in [0.4, 0.5) is 5.69 Å². The molecule has 0 spiro atoms. The number of piperidine rings is 1. The van der Waals surface area contributed by atoms with Gasteiger partial charge in [-0.25, -0.2) is 0 Å². The molecule has 0 saturated carbocycles. The predicted octanol–water partition coefficient (Wildman–Crippen LogP) is 1.66. The Hall–Kier alpha value is -2.28. The number of ether oxygens (including phenoxy) is 2. The van der Waals surface area contributed by atoms with Gasteiger partial charge in [-0.2, -0.15) is 0 Å². The second-order valence-corrected chi connectivity index (χ2v) is 7.74. The molecule has 28 heavy (non-hydrogen) atoms. The van der Waals surface area contributed by atoms with Crippen LogP contribution in [0, 0.1) is 11.8 Å². The molecule has 1 atom stereocenters. The van der Waals surface area contributed by atoms with E-state index in [-0.39, 0.29) is 11.8 Å². The van der Waals surface area contributed by atoms with Crippen LogP contribution in [0.15, 0.2) is 18.2 Å². The van der Waals surface area contributed by atoms with Gasteiger partial charge in [-0.15, -0.1) is 0 Å². The number of carbonyl (C=O) groups is 2. The van der Waals surface area contributed by atoms with Gasteiger partial charge in [0.25, 0.3) is 0 Å². The van der Waals surface area contributed by atoms with E-state index in [1.807, 2.05) is 23.1 Å². The van der Waals surface area contributed by atoms with Crippen molar-refractivity contribution in [2.75, 3.05) is 50.8 Å². The second-order valence-electron chi connectivity index (χ2n) is 7.74. The van der Waals surface area contributed by atoms with Gasteiger partial charge in [0, 0.05) is 31.4 Å². The molecule has 1 N–H and O–H groups in total. The standard InChI is InChI=1S/C21H29N3O4/c1-2-22-14-15-5-8-23(9-6-15)20(25)17-7-10-24(21(17)26)16-3-4-18-19(13-16)28-12-11-27-18/h3-4,13,15,17,22H,2,5-12,14H2,1H3. The molecular formula is C21H29N3O4.